The zero-order valence-corrected chi connectivity index (χ0v) is 16.0. The normalized spacial score (nSPS) is 23.8. The van der Waals surface area contributed by atoms with Gasteiger partial charge in [-0.1, -0.05) is 30.3 Å². The van der Waals surface area contributed by atoms with Crippen LogP contribution >= 0.6 is 0 Å². The molecule has 0 radical (unpaired) electrons. The van der Waals surface area contributed by atoms with E-state index >= 15 is 0 Å². The molecule has 0 amide bonds. The Bertz CT molecular complexity index is 783. The van der Waals surface area contributed by atoms with Gasteiger partial charge in [0.15, 0.2) is 24.4 Å². The summed E-state index contributed by atoms with van der Waals surface area (Å²) < 4.78 is 21.4. The van der Waals surface area contributed by atoms with Crippen LogP contribution in [-0.2, 0) is 38.1 Å². The van der Waals surface area contributed by atoms with Crippen LogP contribution < -0.4 is 0 Å². The van der Waals surface area contributed by atoms with Gasteiger partial charge in [-0.25, -0.2) is 0 Å². The number of carbonyl (C=O) groups is 4. The van der Waals surface area contributed by atoms with Gasteiger partial charge in [0.25, 0.3) is 0 Å². The van der Waals surface area contributed by atoms with Crippen molar-refractivity contribution in [3.63, 3.8) is 0 Å². The van der Waals surface area contributed by atoms with Crippen LogP contribution in [-0.4, -0.2) is 48.3 Å². The van der Waals surface area contributed by atoms with Crippen LogP contribution in [0, 0.1) is 0 Å². The number of rotatable bonds is 5. The summed E-state index contributed by atoms with van der Waals surface area (Å²) in [5.74, 6) is -2.57. The number of esters is 4. The summed E-state index contributed by atoms with van der Waals surface area (Å²) in [7, 11) is 0. The maximum Gasteiger partial charge on any atom is 0.303 e. The number of hydrogen-bond donors (Lipinski definition) is 0. The topological polar surface area (TPSA) is 105 Å². The standard InChI is InChI=1S/C20H22O8/c1-11(21)25-17-10-16(15-8-6-5-7-9-15)18(26-12(2)22)20(28-14(4)24)19(17)27-13(3)23/h5-10,17-20H,1-4H3/t17-,18-,19+,20+/m0/s1. The third-order valence-electron chi connectivity index (χ3n) is 3.90. The van der Waals surface area contributed by atoms with E-state index < -0.39 is 48.3 Å². The van der Waals surface area contributed by atoms with E-state index in [2.05, 4.69) is 0 Å². The van der Waals surface area contributed by atoms with Crippen LogP contribution in [0.1, 0.15) is 33.3 Å². The predicted molar refractivity (Wildman–Crippen MR) is 96.6 cm³/mol. The molecule has 1 aliphatic carbocycles. The Morgan fingerprint density at radius 2 is 1.18 bits per heavy atom. The van der Waals surface area contributed by atoms with E-state index in [9.17, 15) is 19.2 Å². The minimum Gasteiger partial charge on any atom is -0.454 e. The Hall–Kier alpha value is -3.16. The average Bonchev–Trinajstić information content (AvgIpc) is 2.59. The summed E-state index contributed by atoms with van der Waals surface area (Å²) in [5.41, 5.74) is 1.14. The van der Waals surface area contributed by atoms with Gasteiger partial charge < -0.3 is 18.9 Å². The number of carbonyl (C=O) groups excluding carboxylic acids is 4. The number of benzene rings is 1. The lowest BCUT2D eigenvalue weighted by Gasteiger charge is -2.39. The zero-order chi connectivity index (χ0) is 20.8. The fourth-order valence-corrected chi connectivity index (χ4v) is 3.04. The van der Waals surface area contributed by atoms with E-state index in [-0.39, 0.29) is 0 Å². The fraction of sp³-hybridized carbons (Fsp3) is 0.400. The summed E-state index contributed by atoms with van der Waals surface area (Å²) in [6.07, 6.45) is -2.93. The summed E-state index contributed by atoms with van der Waals surface area (Å²) in [6.45, 7) is 4.77. The molecule has 28 heavy (non-hydrogen) atoms. The maximum absolute atomic E-state index is 11.7. The molecule has 0 aliphatic heterocycles. The first-order chi connectivity index (χ1) is 13.2. The number of ether oxygens (including phenoxy) is 4. The van der Waals surface area contributed by atoms with Gasteiger partial charge in [0.1, 0.15) is 0 Å². The Balaban J connectivity index is 2.62. The molecule has 0 saturated carbocycles. The molecule has 0 unspecified atom stereocenters. The van der Waals surface area contributed by atoms with Crippen LogP contribution in [0.25, 0.3) is 5.57 Å². The first kappa shape index (κ1) is 21.1. The molecule has 1 aliphatic rings. The molecule has 0 bridgehead atoms. The van der Waals surface area contributed by atoms with Crippen molar-refractivity contribution in [1.29, 1.82) is 0 Å². The lowest BCUT2D eigenvalue weighted by atomic mass is 9.85. The summed E-state index contributed by atoms with van der Waals surface area (Å²) >= 11 is 0. The molecule has 0 aromatic heterocycles. The van der Waals surface area contributed by atoms with Gasteiger partial charge in [-0.2, -0.15) is 0 Å². The van der Waals surface area contributed by atoms with Crippen LogP contribution in [0.2, 0.25) is 0 Å². The average molecular weight is 390 g/mol. The monoisotopic (exact) mass is 390 g/mol. The first-order valence-corrected chi connectivity index (χ1v) is 8.65. The van der Waals surface area contributed by atoms with Gasteiger partial charge in [-0.3, -0.25) is 19.2 Å². The van der Waals surface area contributed by atoms with E-state index in [1.54, 1.807) is 24.3 Å². The highest BCUT2D eigenvalue weighted by Crippen LogP contribution is 2.35. The Morgan fingerprint density at radius 1 is 0.679 bits per heavy atom. The van der Waals surface area contributed by atoms with Crippen molar-refractivity contribution in [1.82, 2.24) is 0 Å². The van der Waals surface area contributed by atoms with Gasteiger partial charge in [0.2, 0.25) is 0 Å². The fourth-order valence-electron chi connectivity index (χ4n) is 3.04. The highest BCUT2D eigenvalue weighted by atomic mass is 16.6. The molecular weight excluding hydrogens is 368 g/mol. The van der Waals surface area contributed by atoms with Crippen molar-refractivity contribution in [3.05, 3.63) is 42.0 Å². The molecule has 8 heteroatoms. The van der Waals surface area contributed by atoms with Crippen molar-refractivity contribution in [2.24, 2.45) is 0 Å². The van der Waals surface area contributed by atoms with E-state index in [1.807, 2.05) is 6.07 Å². The van der Waals surface area contributed by atoms with Crippen molar-refractivity contribution in [2.75, 3.05) is 0 Å². The molecule has 0 spiro atoms. The second-order valence-corrected chi connectivity index (χ2v) is 6.24. The minimum absolute atomic E-state index is 0.469. The largest absolute Gasteiger partial charge is 0.454 e. The smallest absolute Gasteiger partial charge is 0.303 e. The number of hydrogen-bond acceptors (Lipinski definition) is 8. The van der Waals surface area contributed by atoms with Gasteiger partial charge in [-0.05, 0) is 11.6 Å². The van der Waals surface area contributed by atoms with Crippen LogP contribution in [0.15, 0.2) is 36.4 Å². The molecule has 0 fully saturated rings. The highest BCUT2D eigenvalue weighted by Gasteiger charge is 2.48. The molecule has 150 valence electrons. The van der Waals surface area contributed by atoms with Crippen LogP contribution in [0.5, 0.6) is 0 Å². The molecular formula is C20H22O8. The Labute approximate surface area is 162 Å². The van der Waals surface area contributed by atoms with Crippen molar-refractivity contribution >= 4 is 29.5 Å². The SMILES string of the molecule is CC(=O)O[C@H]1[C@H](OC(C)=O)[C@@H](OC(C)=O)C(c2ccccc2)=C[C@@H]1OC(C)=O. The van der Waals surface area contributed by atoms with E-state index in [0.717, 1.165) is 0 Å². The summed E-state index contributed by atoms with van der Waals surface area (Å²) in [5, 5.41) is 0. The third-order valence-corrected chi connectivity index (χ3v) is 3.90. The van der Waals surface area contributed by atoms with E-state index in [0.29, 0.717) is 11.1 Å². The Kier molecular flexibility index (Phi) is 6.92. The van der Waals surface area contributed by atoms with Gasteiger partial charge >= 0.3 is 23.9 Å². The summed E-state index contributed by atoms with van der Waals surface area (Å²) in [4.78, 5) is 46.7. The second-order valence-electron chi connectivity index (χ2n) is 6.24. The van der Waals surface area contributed by atoms with Gasteiger partial charge in [-0.15, -0.1) is 0 Å². The van der Waals surface area contributed by atoms with Crippen LogP contribution in [0.3, 0.4) is 0 Å². The molecule has 0 saturated heterocycles. The molecule has 4 atom stereocenters. The first-order valence-electron chi connectivity index (χ1n) is 8.65. The molecule has 0 heterocycles. The predicted octanol–water partition coefficient (Wildman–Crippen LogP) is 1.81. The zero-order valence-electron chi connectivity index (χ0n) is 16.0. The van der Waals surface area contributed by atoms with Crippen molar-refractivity contribution in [2.45, 2.75) is 52.1 Å². The van der Waals surface area contributed by atoms with E-state index in [4.69, 9.17) is 18.9 Å². The van der Waals surface area contributed by atoms with E-state index in [1.165, 1.54) is 33.8 Å². The molecule has 8 nitrogen and oxygen atoms in total. The molecule has 2 rings (SSSR count). The third kappa shape index (κ3) is 5.42. The second kappa shape index (κ2) is 9.16. The maximum atomic E-state index is 11.7. The lowest BCUT2D eigenvalue weighted by molar-refractivity contribution is -0.192. The minimum atomic E-state index is -1.20. The van der Waals surface area contributed by atoms with Crippen LogP contribution in [0.4, 0.5) is 0 Å². The lowest BCUT2D eigenvalue weighted by Crippen LogP contribution is -2.54. The highest BCUT2D eigenvalue weighted by molar-refractivity contribution is 5.77. The van der Waals surface area contributed by atoms with Crippen molar-refractivity contribution < 1.29 is 38.1 Å². The molecule has 1 aromatic rings. The summed E-state index contributed by atoms with van der Waals surface area (Å²) in [6, 6.07) is 8.90. The van der Waals surface area contributed by atoms with Gasteiger partial charge in [0, 0.05) is 33.3 Å². The van der Waals surface area contributed by atoms with Gasteiger partial charge in [0.05, 0.1) is 0 Å². The quantitative estimate of drug-likeness (QED) is 0.554. The van der Waals surface area contributed by atoms with Crippen molar-refractivity contribution in [3.8, 4) is 0 Å². The Morgan fingerprint density at radius 3 is 1.68 bits per heavy atom. The molecule has 1 aromatic carbocycles. The molecule has 0 N–H and O–H groups in total.